The second-order valence-corrected chi connectivity index (χ2v) is 4.56. The molecule has 0 aromatic carbocycles. The van der Waals surface area contributed by atoms with Crippen molar-refractivity contribution in [3.05, 3.63) is 0 Å². The highest BCUT2D eigenvalue weighted by atomic mass is 15.1. The molecule has 0 heterocycles. The second-order valence-electron chi connectivity index (χ2n) is 4.56. The van der Waals surface area contributed by atoms with E-state index in [0.29, 0.717) is 0 Å². The van der Waals surface area contributed by atoms with Crippen molar-refractivity contribution in [3.8, 4) is 0 Å². The van der Waals surface area contributed by atoms with Gasteiger partial charge in [-0.25, -0.2) is 0 Å². The van der Waals surface area contributed by atoms with Gasteiger partial charge in [0.15, 0.2) is 0 Å². The predicted octanol–water partition coefficient (Wildman–Crippen LogP) is 1.96. The molecule has 1 aliphatic carbocycles. The molecule has 0 radical (unpaired) electrons. The molecule has 0 saturated heterocycles. The smallest absolute Gasteiger partial charge is 0.000687 e. The normalized spacial score (nSPS) is 25.7. The zero-order valence-corrected chi connectivity index (χ0v) is 10.1. The summed E-state index contributed by atoms with van der Waals surface area (Å²) in [4.78, 5) is 2.49. The van der Waals surface area contributed by atoms with E-state index in [4.69, 9.17) is 0 Å². The largest absolute Gasteiger partial charge is 0.316 e. The van der Waals surface area contributed by atoms with Crippen LogP contribution in [0.5, 0.6) is 0 Å². The molecular weight excluding hydrogens is 172 g/mol. The Hall–Kier alpha value is -0.0800. The number of nitrogens with zero attached hydrogens (tertiary/aromatic N) is 1. The van der Waals surface area contributed by atoms with Gasteiger partial charge in [0.1, 0.15) is 0 Å². The summed E-state index contributed by atoms with van der Waals surface area (Å²) < 4.78 is 0. The maximum atomic E-state index is 3.55. The molecule has 1 N–H and O–H groups in total. The number of hydrogen-bond donors (Lipinski definition) is 1. The average Bonchev–Trinajstić information content (AvgIpc) is 2.88. The fourth-order valence-electron chi connectivity index (χ4n) is 1.94. The van der Waals surface area contributed by atoms with Crippen LogP contribution in [0.2, 0.25) is 0 Å². The molecule has 0 bridgehead atoms. The summed E-state index contributed by atoms with van der Waals surface area (Å²) in [5.74, 6) is 1.98. The molecule has 0 amide bonds. The van der Waals surface area contributed by atoms with E-state index in [9.17, 15) is 0 Å². The van der Waals surface area contributed by atoms with Gasteiger partial charge in [0.2, 0.25) is 0 Å². The van der Waals surface area contributed by atoms with Crippen LogP contribution >= 0.6 is 0 Å². The van der Waals surface area contributed by atoms with Crippen LogP contribution < -0.4 is 5.32 Å². The third kappa shape index (κ3) is 4.43. The summed E-state index contributed by atoms with van der Waals surface area (Å²) in [5.41, 5.74) is 0. The van der Waals surface area contributed by atoms with E-state index in [2.05, 4.69) is 31.0 Å². The highest BCUT2D eigenvalue weighted by molar-refractivity contribution is 4.83. The minimum absolute atomic E-state index is 0.989. The van der Waals surface area contributed by atoms with Crippen molar-refractivity contribution >= 4 is 0 Å². The quantitative estimate of drug-likeness (QED) is 0.600. The lowest BCUT2D eigenvalue weighted by molar-refractivity contribution is 0.297. The van der Waals surface area contributed by atoms with Crippen LogP contribution in [0.3, 0.4) is 0 Å². The first-order valence-electron chi connectivity index (χ1n) is 6.21. The topological polar surface area (TPSA) is 15.3 Å². The Kier molecular flexibility index (Phi) is 5.49. The lowest BCUT2D eigenvalue weighted by Crippen LogP contribution is -2.27. The SMILES string of the molecule is CCN(CC)CCCNCC1CC1C. The molecule has 1 saturated carbocycles. The van der Waals surface area contributed by atoms with Gasteiger partial charge in [0, 0.05) is 0 Å². The Morgan fingerprint density at radius 2 is 1.93 bits per heavy atom. The molecule has 0 spiro atoms. The molecule has 0 aromatic rings. The van der Waals surface area contributed by atoms with Gasteiger partial charge in [-0.05, 0) is 57.4 Å². The highest BCUT2D eigenvalue weighted by Gasteiger charge is 2.31. The zero-order chi connectivity index (χ0) is 10.4. The summed E-state index contributed by atoms with van der Waals surface area (Å²) in [7, 11) is 0. The Bertz CT molecular complexity index is 143. The number of hydrogen-bond acceptors (Lipinski definition) is 2. The Morgan fingerprint density at radius 1 is 1.29 bits per heavy atom. The molecule has 2 unspecified atom stereocenters. The van der Waals surface area contributed by atoms with Gasteiger partial charge < -0.3 is 10.2 Å². The molecule has 0 aliphatic heterocycles. The first kappa shape index (κ1) is 12.0. The summed E-state index contributed by atoms with van der Waals surface area (Å²) in [6.07, 6.45) is 2.74. The van der Waals surface area contributed by atoms with Gasteiger partial charge in [-0.15, -0.1) is 0 Å². The monoisotopic (exact) mass is 198 g/mol. The average molecular weight is 198 g/mol. The Labute approximate surface area is 89.1 Å². The molecule has 0 aromatic heterocycles. The van der Waals surface area contributed by atoms with E-state index >= 15 is 0 Å². The maximum absolute atomic E-state index is 3.55. The van der Waals surface area contributed by atoms with E-state index < -0.39 is 0 Å². The summed E-state index contributed by atoms with van der Waals surface area (Å²) >= 11 is 0. The molecule has 2 heteroatoms. The predicted molar refractivity (Wildman–Crippen MR) is 62.5 cm³/mol. The van der Waals surface area contributed by atoms with Gasteiger partial charge >= 0.3 is 0 Å². The van der Waals surface area contributed by atoms with Gasteiger partial charge in [-0.1, -0.05) is 20.8 Å². The maximum Gasteiger partial charge on any atom is -0.000687 e. The molecule has 84 valence electrons. The number of rotatable bonds is 8. The first-order chi connectivity index (χ1) is 6.77. The zero-order valence-electron chi connectivity index (χ0n) is 10.1. The van der Waals surface area contributed by atoms with Crippen molar-refractivity contribution in [1.29, 1.82) is 0 Å². The number of nitrogens with one attached hydrogen (secondary N) is 1. The molecular formula is C12H26N2. The minimum Gasteiger partial charge on any atom is -0.316 e. The van der Waals surface area contributed by atoms with Crippen molar-refractivity contribution < 1.29 is 0 Å². The lowest BCUT2D eigenvalue weighted by Gasteiger charge is -2.17. The van der Waals surface area contributed by atoms with E-state index in [1.807, 2.05) is 0 Å². The van der Waals surface area contributed by atoms with Crippen molar-refractivity contribution in [1.82, 2.24) is 10.2 Å². The van der Waals surface area contributed by atoms with Crippen LogP contribution in [0.25, 0.3) is 0 Å². The lowest BCUT2D eigenvalue weighted by atomic mass is 10.3. The fourth-order valence-corrected chi connectivity index (χ4v) is 1.94. The van der Waals surface area contributed by atoms with Gasteiger partial charge in [0.25, 0.3) is 0 Å². The van der Waals surface area contributed by atoms with E-state index in [0.717, 1.165) is 11.8 Å². The van der Waals surface area contributed by atoms with Crippen molar-refractivity contribution in [2.24, 2.45) is 11.8 Å². The van der Waals surface area contributed by atoms with Crippen LogP contribution in [-0.2, 0) is 0 Å². The van der Waals surface area contributed by atoms with Gasteiger partial charge in [-0.2, -0.15) is 0 Å². The molecule has 1 aliphatic rings. The molecule has 2 atom stereocenters. The van der Waals surface area contributed by atoms with Gasteiger partial charge in [-0.3, -0.25) is 0 Å². The molecule has 2 nitrogen and oxygen atoms in total. The summed E-state index contributed by atoms with van der Waals surface area (Å²) in [5, 5.41) is 3.55. The molecule has 1 rings (SSSR count). The third-order valence-corrected chi connectivity index (χ3v) is 3.40. The standard InChI is InChI=1S/C12H26N2/c1-4-14(5-2)8-6-7-13-10-12-9-11(12)3/h11-13H,4-10H2,1-3H3. The molecule has 14 heavy (non-hydrogen) atoms. The van der Waals surface area contributed by atoms with E-state index in [1.54, 1.807) is 0 Å². The van der Waals surface area contributed by atoms with Crippen LogP contribution in [0, 0.1) is 11.8 Å². The molecule has 1 fully saturated rings. The van der Waals surface area contributed by atoms with Crippen LogP contribution in [0.15, 0.2) is 0 Å². The summed E-state index contributed by atoms with van der Waals surface area (Å²) in [6.45, 7) is 12.9. The van der Waals surface area contributed by atoms with E-state index in [-0.39, 0.29) is 0 Å². The van der Waals surface area contributed by atoms with Crippen LogP contribution in [-0.4, -0.2) is 37.6 Å². The van der Waals surface area contributed by atoms with Crippen molar-refractivity contribution in [3.63, 3.8) is 0 Å². The van der Waals surface area contributed by atoms with Gasteiger partial charge in [0.05, 0.1) is 0 Å². The minimum atomic E-state index is 0.989. The highest BCUT2D eigenvalue weighted by Crippen LogP contribution is 2.36. The Balaban J connectivity index is 1.83. The van der Waals surface area contributed by atoms with Crippen LogP contribution in [0.1, 0.15) is 33.6 Å². The summed E-state index contributed by atoms with van der Waals surface area (Å²) in [6, 6.07) is 0. The van der Waals surface area contributed by atoms with Crippen LogP contribution in [0.4, 0.5) is 0 Å². The Morgan fingerprint density at radius 3 is 2.43 bits per heavy atom. The fraction of sp³-hybridized carbons (Fsp3) is 1.00. The van der Waals surface area contributed by atoms with E-state index in [1.165, 1.54) is 45.6 Å². The third-order valence-electron chi connectivity index (χ3n) is 3.40. The van der Waals surface area contributed by atoms with Crippen molar-refractivity contribution in [2.45, 2.75) is 33.6 Å². The second kappa shape index (κ2) is 6.41. The van der Waals surface area contributed by atoms with Crippen molar-refractivity contribution in [2.75, 3.05) is 32.7 Å². The first-order valence-corrected chi connectivity index (χ1v) is 6.21.